The first-order valence-corrected chi connectivity index (χ1v) is 7.98. The first-order valence-electron chi connectivity index (χ1n) is 3.87. The first kappa shape index (κ1) is 11.2. The summed E-state index contributed by atoms with van der Waals surface area (Å²) in [4.78, 5) is 0. The number of alkyl halides is 1. The van der Waals surface area contributed by atoms with Crippen LogP contribution in [0.4, 0.5) is 0 Å². The van der Waals surface area contributed by atoms with Crippen molar-refractivity contribution in [3.63, 3.8) is 0 Å². The molecule has 1 atom stereocenters. The standard InChI is InChI=1S/C8H17ClOSi/c1-11(2,3)6-4-5-8(10)7-9/h4,6,8,10H,5,7H2,1-3H3/b6-4-. The van der Waals surface area contributed by atoms with Gasteiger partial charge in [0.15, 0.2) is 0 Å². The van der Waals surface area contributed by atoms with E-state index in [-0.39, 0.29) is 6.10 Å². The molecule has 0 saturated carbocycles. The summed E-state index contributed by atoms with van der Waals surface area (Å²) in [5, 5.41) is 9.09. The van der Waals surface area contributed by atoms with Crippen molar-refractivity contribution in [3.05, 3.63) is 11.8 Å². The molecule has 0 saturated heterocycles. The van der Waals surface area contributed by atoms with Crippen molar-refractivity contribution in [1.82, 2.24) is 0 Å². The second-order valence-corrected chi connectivity index (χ2v) is 9.19. The zero-order chi connectivity index (χ0) is 8.91. The zero-order valence-corrected chi connectivity index (χ0v) is 9.23. The van der Waals surface area contributed by atoms with Crippen LogP contribution >= 0.6 is 11.6 Å². The van der Waals surface area contributed by atoms with Gasteiger partial charge in [-0.25, -0.2) is 0 Å². The normalized spacial score (nSPS) is 15.7. The Morgan fingerprint density at radius 2 is 2.00 bits per heavy atom. The molecule has 0 aliphatic heterocycles. The summed E-state index contributed by atoms with van der Waals surface area (Å²) >= 11 is 5.43. The Morgan fingerprint density at radius 3 is 2.36 bits per heavy atom. The molecule has 0 aromatic carbocycles. The average Bonchev–Trinajstić information content (AvgIpc) is 1.85. The lowest BCUT2D eigenvalue weighted by atomic mass is 10.3. The topological polar surface area (TPSA) is 20.2 Å². The molecule has 1 unspecified atom stereocenters. The molecular formula is C8H17ClOSi. The van der Waals surface area contributed by atoms with Crippen molar-refractivity contribution in [2.45, 2.75) is 32.2 Å². The van der Waals surface area contributed by atoms with E-state index in [2.05, 4.69) is 25.3 Å². The van der Waals surface area contributed by atoms with Crippen molar-refractivity contribution in [1.29, 1.82) is 0 Å². The Hall–Kier alpha value is 0.207. The van der Waals surface area contributed by atoms with Gasteiger partial charge in [0.1, 0.15) is 0 Å². The predicted octanol–water partition coefficient (Wildman–Crippen LogP) is 2.41. The van der Waals surface area contributed by atoms with Crippen LogP contribution in [0.5, 0.6) is 0 Å². The summed E-state index contributed by atoms with van der Waals surface area (Å²) in [6.45, 7) is 6.78. The van der Waals surface area contributed by atoms with E-state index in [9.17, 15) is 0 Å². The highest BCUT2D eigenvalue weighted by Crippen LogP contribution is 2.04. The lowest BCUT2D eigenvalue weighted by Crippen LogP contribution is -2.16. The highest BCUT2D eigenvalue weighted by atomic mass is 35.5. The van der Waals surface area contributed by atoms with E-state index in [4.69, 9.17) is 16.7 Å². The van der Waals surface area contributed by atoms with Gasteiger partial charge in [-0.2, -0.15) is 0 Å². The number of hydrogen-bond acceptors (Lipinski definition) is 1. The summed E-state index contributed by atoms with van der Waals surface area (Å²) in [5.74, 6) is 0.329. The summed E-state index contributed by atoms with van der Waals surface area (Å²) in [5.41, 5.74) is 2.22. The van der Waals surface area contributed by atoms with Gasteiger partial charge < -0.3 is 5.11 Å². The Bertz CT molecular complexity index is 129. The fourth-order valence-corrected chi connectivity index (χ4v) is 1.61. The number of hydrogen-bond donors (Lipinski definition) is 1. The van der Waals surface area contributed by atoms with Gasteiger partial charge in [-0.15, -0.1) is 11.6 Å². The van der Waals surface area contributed by atoms with E-state index in [1.54, 1.807) is 0 Å². The second kappa shape index (κ2) is 4.96. The molecule has 66 valence electrons. The molecule has 0 bridgehead atoms. The van der Waals surface area contributed by atoms with Crippen LogP contribution < -0.4 is 0 Å². The van der Waals surface area contributed by atoms with Crippen LogP contribution in [0, 0.1) is 0 Å². The van der Waals surface area contributed by atoms with Gasteiger partial charge >= 0.3 is 0 Å². The van der Waals surface area contributed by atoms with E-state index >= 15 is 0 Å². The lowest BCUT2D eigenvalue weighted by Gasteiger charge is -2.08. The molecule has 0 radical (unpaired) electrons. The first-order chi connectivity index (χ1) is 4.95. The minimum Gasteiger partial charge on any atom is -0.392 e. The van der Waals surface area contributed by atoms with Crippen LogP contribution in [-0.2, 0) is 0 Å². The third kappa shape index (κ3) is 8.11. The van der Waals surface area contributed by atoms with Gasteiger partial charge in [0.2, 0.25) is 0 Å². The van der Waals surface area contributed by atoms with Gasteiger partial charge in [0.05, 0.1) is 14.2 Å². The highest BCUT2D eigenvalue weighted by molar-refractivity contribution is 6.80. The maximum absolute atomic E-state index is 9.09. The third-order valence-electron chi connectivity index (χ3n) is 1.20. The van der Waals surface area contributed by atoms with E-state index in [0.29, 0.717) is 12.3 Å². The molecule has 0 heterocycles. The van der Waals surface area contributed by atoms with Crippen LogP contribution in [0.1, 0.15) is 6.42 Å². The van der Waals surface area contributed by atoms with Gasteiger partial charge in [-0.3, -0.25) is 0 Å². The fraction of sp³-hybridized carbons (Fsp3) is 0.750. The van der Waals surface area contributed by atoms with Crippen molar-refractivity contribution in [2.75, 3.05) is 5.88 Å². The van der Waals surface area contributed by atoms with Crippen LogP contribution in [0.2, 0.25) is 19.6 Å². The molecule has 11 heavy (non-hydrogen) atoms. The van der Waals surface area contributed by atoms with Crippen LogP contribution in [-0.4, -0.2) is 25.2 Å². The number of rotatable bonds is 4. The van der Waals surface area contributed by atoms with Crippen LogP contribution in [0.3, 0.4) is 0 Å². The second-order valence-electron chi connectivity index (χ2n) is 3.81. The summed E-state index contributed by atoms with van der Waals surface area (Å²) < 4.78 is 0. The van der Waals surface area contributed by atoms with Crippen LogP contribution in [0.15, 0.2) is 11.8 Å². The third-order valence-corrected chi connectivity index (χ3v) is 2.80. The van der Waals surface area contributed by atoms with E-state index < -0.39 is 8.07 Å². The number of aliphatic hydroxyl groups is 1. The SMILES string of the molecule is C[Si](C)(C)/C=C\CC(O)CCl. The molecule has 0 rings (SSSR count). The quantitative estimate of drug-likeness (QED) is 0.536. The van der Waals surface area contributed by atoms with Crippen LogP contribution in [0.25, 0.3) is 0 Å². The predicted molar refractivity (Wildman–Crippen MR) is 53.8 cm³/mol. The Morgan fingerprint density at radius 1 is 1.45 bits per heavy atom. The molecule has 3 heteroatoms. The molecule has 0 aliphatic rings. The molecule has 0 amide bonds. The van der Waals surface area contributed by atoms with E-state index in [1.807, 2.05) is 6.08 Å². The minimum absolute atomic E-state index is 0.329. The lowest BCUT2D eigenvalue weighted by molar-refractivity contribution is 0.202. The molecule has 0 aliphatic carbocycles. The Labute approximate surface area is 75.1 Å². The number of aliphatic hydroxyl groups excluding tert-OH is 1. The highest BCUT2D eigenvalue weighted by Gasteiger charge is 2.07. The summed E-state index contributed by atoms with van der Waals surface area (Å²) in [6.07, 6.45) is 2.36. The summed E-state index contributed by atoms with van der Waals surface area (Å²) in [6, 6.07) is 0. The largest absolute Gasteiger partial charge is 0.392 e. The average molecular weight is 193 g/mol. The monoisotopic (exact) mass is 192 g/mol. The molecule has 1 N–H and O–H groups in total. The Kier molecular flexibility index (Phi) is 5.05. The molecule has 0 aromatic heterocycles. The van der Waals surface area contributed by atoms with Gasteiger partial charge in [-0.1, -0.05) is 31.4 Å². The van der Waals surface area contributed by atoms with E-state index in [0.717, 1.165) is 0 Å². The van der Waals surface area contributed by atoms with Crippen molar-refractivity contribution in [2.24, 2.45) is 0 Å². The molecule has 0 aromatic rings. The number of halogens is 1. The van der Waals surface area contributed by atoms with E-state index in [1.165, 1.54) is 0 Å². The minimum atomic E-state index is -1.07. The molecule has 1 nitrogen and oxygen atoms in total. The van der Waals surface area contributed by atoms with Crippen molar-refractivity contribution in [3.8, 4) is 0 Å². The fourth-order valence-electron chi connectivity index (χ4n) is 0.642. The Balaban J connectivity index is 3.61. The van der Waals surface area contributed by atoms with Crippen molar-refractivity contribution >= 4 is 19.7 Å². The zero-order valence-electron chi connectivity index (χ0n) is 7.47. The maximum atomic E-state index is 9.09. The summed E-state index contributed by atoms with van der Waals surface area (Å²) in [7, 11) is -1.07. The van der Waals surface area contributed by atoms with Crippen molar-refractivity contribution < 1.29 is 5.11 Å². The molecular weight excluding hydrogens is 176 g/mol. The van der Waals surface area contributed by atoms with Gasteiger partial charge in [0, 0.05) is 5.88 Å². The van der Waals surface area contributed by atoms with Gasteiger partial charge in [0.25, 0.3) is 0 Å². The molecule has 0 spiro atoms. The maximum Gasteiger partial charge on any atom is 0.0709 e. The molecule has 0 fully saturated rings. The van der Waals surface area contributed by atoms with Gasteiger partial charge in [-0.05, 0) is 6.42 Å². The smallest absolute Gasteiger partial charge is 0.0709 e.